The lowest BCUT2D eigenvalue weighted by atomic mass is 9.58. The SMILES string of the molecule is CN(C)[C@@H]1C(O)=C(C(N)=O)C(=O)[C@@]2(O)C(O)=C3C(=O)c4c(O)ccc(-c5ccc(CN6CCCCC6)cc5)c4CC3CC12. The molecule has 226 valence electrons. The molecule has 1 aliphatic heterocycles. The van der Waals surface area contributed by atoms with Gasteiger partial charge in [-0.2, -0.15) is 0 Å². The number of fused-ring (bicyclic) bond motifs is 3. The molecule has 0 radical (unpaired) electrons. The van der Waals surface area contributed by atoms with Gasteiger partial charge in [-0.1, -0.05) is 36.8 Å². The average Bonchev–Trinajstić information content (AvgIpc) is 2.96. The fourth-order valence-corrected chi connectivity index (χ4v) is 7.69. The minimum Gasteiger partial charge on any atom is -0.510 e. The number of likely N-dealkylation sites (N-methyl/N-ethyl adjacent to an activating group) is 1. The highest BCUT2D eigenvalue weighted by Gasteiger charge is 2.63. The van der Waals surface area contributed by atoms with Crippen molar-refractivity contribution in [3.63, 3.8) is 0 Å². The Kier molecular flexibility index (Phi) is 7.19. The van der Waals surface area contributed by atoms with E-state index < -0.39 is 58.0 Å². The van der Waals surface area contributed by atoms with Crippen LogP contribution in [0.4, 0.5) is 0 Å². The maximum Gasteiger partial charge on any atom is 0.255 e. The van der Waals surface area contributed by atoms with Gasteiger partial charge in [0.15, 0.2) is 11.4 Å². The summed E-state index contributed by atoms with van der Waals surface area (Å²) in [5, 5.41) is 45.1. The summed E-state index contributed by atoms with van der Waals surface area (Å²) in [4.78, 5) is 43.6. The summed E-state index contributed by atoms with van der Waals surface area (Å²) in [5.74, 6) is -6.58. The smallest absolute Gasteiger partial charge is 0.255 e. The van der Waals surface area contributed by atoms with Gasteiger partial charge in [0, 0.05) is 18.0 Å². The minimum atomic E-state index is -2.65. The number of allylic oxidation sites excluding steroid dienone is 1. The van der Waals surface area contributed by atoms with Crippen LogP contribution in [0.3, 0.4) is 0 Å². The molecule has 1 heterocycles. The minimum absolute atomic E-state index is 0.00988. The first-order chi connectivity index (χ1) is 20.4. The second-order valence-electron chi connectivity index (χ2n) is 12.5. The van der Waals surface area contributed by atoms with Crippen LogP contribution in [-0.4, -0.2) is 86.5 Å². The molecule has 10 heteroatoms. The lowest BCUT2D eigenvalue weighted by molar-refractivity contribution is -0.148. The number of hydrogen-bond acceptors (Lipinski definition) is 9. The lowest BCUT2D eigenvalue weighted by Gasteiger charge is -2.50. The number of piperidine rings is 1. The molecular formula is C33H37N3O7. The number of primary amides is 1. The number of likely N-dealkylation sites (tertiary alicyclic amines) is 1. The maximum atomic E-state index is 14.0. The first-order valence-electron chi connectivity index (χ1n) is 14.8. The number of benzene rings is 2. The van der Waals surface area contributed by atoms with Crippen LogP contribution in [-0.2, 0) is 22.6 Å². The van der Waals surface area contributed by atoms with Gasteiger partial charge in [0.2, 0.25) is 5.78 Å². The normalized spacial score (nSPS) is 27.7. The molecule has 4 atom stereocenters. The largest absolute Gasteiger partial charge is 0.510 e. The van der Waals surface area contributed by atoms with Gasteiger partial charge in [-0.25, -0.2) is 0 Å². The summed E-state index contributed by atoms with van der Waals surface area (Å²) in [6.07, 6.45) is 3.99. The number of aliphatic hydroxyl groups is 3. The molecule has 6 rings (SSSR count). The highest BCUT2D eigenvalue weighted by molar-refractivity contribution is 6.24. The number of aromatic hydroxyl groups is 1. The van der Waals surface area contributed by atoms with E-state index in [2.05, 4.69) is 17.0 Å². The van der Waals surface area contributed by atoms with Crippen molar-refractivity contribution in [2.24, 2.45) is 17.6 Å². The number of hydrogen-bond donors (Lipinski definition) is 5. The van der Waals surface area contributed by atoms with E-state index in [4.69, 9.17) is 5.73 Å². The summed E-state index contributed by atoms with van der Waals surface area (Å²) >= 11 is 0. The topological polar surface area (TPSA) is 165 Å². The molecule has 43 heavy (non-hydrogen) atoms. The standard InChI is InChI=1S/C33H37N3O7/c1-35(2)27-22-15-19-14-21-20(18-8-6-17(7-9-18)16-36-12-4-3-5-13-36)10-11-23(37)25(21)28(38)24(19)30(40)33(22,43)31(41)26(29(27)39)32(34)42/h6-11,19,22,27,37,39-40,43H,3-5,12-16H2,1-2H3,(H2,34,42)/t19?,22?,27-,33-/m0/s1. The molecular weight excluding hydrogens is 550 g/mol. The Morgan fingerprint density at radius 1 is 1.02 bits per heavy atom. The van der Waals surface area contributed by atoms with Crippen molar-refractivity contribution in [1.29, 1.82) is 0 Å². The summed E-state index contributed by atoms with van der Waals surface area (Å²) in [7, 11) is 3.22. The van der Waals surface area contributed by atoms with Crippen molar-refractivity contribution in [2.75, 3.05) is 27.2 Å². The quantitative estimate of drug-likeness (QED) is 0.331. The average molecular weight is 588 g/mol. The first-order valence-corrected chi connectivity index (χ1v) is 14.8. The van der Waals surface area contributed by atoms with Crippen LogP contribution in [0.2, 0.25) is 0 Å². The van der Waals surface area contributed by atoms with E-state index >= 15 is 0 Å². The van der Waals surface area contributed by atoms with Gasteiger partial charge in [0.25, 0.3) is 5.91 Å². The highest BCUT2D eigenvalue weighted by atomic mass is 16.3. The first kappa shape index (κ1) is 29.1. The summed E-state index contributed by atoms with van der Waals surface area (Å²) in [6.45, 7) is 3.05. The fourth-order valence-electron chi connectivity index (χ4n) is 7.69. The van der Waals surface area contributed by atoms with E-state index in [9.17, 15) is 34.8 Å². The fraction of sp³-hybridized carbons (Fsp3) is 0.424. The number of aliphatic hydroxyl groups excluding tert-OH is 2. The monoisotopic (exact) mass is 587 g/mol. The van der Waals surface area contributed by atoms with Crippen LogP contribution < -0.4 is 5.73 Å². The number of phenols is 1. The number of carbonyl (C=O) groups excluding carboxylic acids is 3. The van der Waals surface area contributed by atoms with Crippen molar-refractivity contribution in [3.05, 3.63) is 75.8 Å². The number of rotatable bonds is 5. The summed E-state index contributed by atoms with van der Waals surface area (Å²) < 4.78 is 0. The third-order valence-electron chi connectivity index (χ3n) is 9.73. The number of carbonyl (C=O) groups is 3. The van der Waals surface area contributed by atoms with Crippen LogP contribution in [0.25, 0.3) is 11.1 Å². The van der Waals surface area contributed by atoms with E-state index in [1.54, 1.807) is 25.1 Å². The molecule has 1 saturated heterocycles. The van der Waals surface area contributed by atoms with Crippen LogP contribution in [0.15, 0.2) is 59.1 Å². The van der Waals surface area contributed by atoms with E-state index in [0.717, 1.165) is 30.8 Å². The molecule has 0 saturated carbocycles. The van der Waals surface area contributed by atoms with Crippen molar-refractivity contribution < 1.29 is 34.8 Å². The van der Waals surface area contributed by atoms with Crippen LogP contribution in [0.1, 0.15) is 47.2 Å². The van der Waals surface area contributed by atoms with E-state index in [-0.39, 0.29) is 29.7 Å². The van der Waals surface area contributed by atoms with Gasteiger partial charge in [0.1, 0.15) is 22.8 Å². The second-order valence-corrected chi connectivity index (χ2v) is 12.5. The molecule has 3 aliphatic carbocycles. The number of Topliss-reactive ketones (excluding diaryl/α,β-unsaturated/α-hetero) is 2. The Balaban J connectivity index is 1.41. The summed E-state index contributed by atoms with van der Waals surface area (Å²) in [5.41, 5.74) is 5.23. The summed E-state index contributed by atoms with van der Waals surface area (Å²) in [6, 6.07) is 10.4. The molecule has 4 aliphatic rings. The number of ketones is 2. The third kappa shape index (κ3) is 4.47. The van der Waals surface area contributed by atoms with Gasteiger partial charge in [-0.05, 0) is 87.1 Å². The number of nitrogens with two attached hydrogens (primary N) is 1. The molecule has 1 amide bonds. The van der Waals surface area contributed by atoms with E-state index in [0.29, 0.717) is 5.56 Å². The van der Waals surface area contributed by atoms with Gasteiger partial charge >= 0.3 is 0 Å². The Hall–Kier alpha value is -3.99. The highest BCUT2D eigenvalue weighted by Crippen LogP contribution is 2.53. The molecule has 0 aromatic heterocycles. The van der Waals surface area contributed by atoms with Crippen LogP contribution in [0, 0.1) is 11.8 Å². The van der Waals surface area contributed by atoms with Crippen molar-refractivity contribution in [1.82, 2.24) is 9.80 Å². The van der Waals surface area contributed by atoms with E-state index in [1.165, 1.54) is 30.9 Å². The van der Waals surface area contributed by atoms with E-state index in [1.807, 2.05) is 12.1 Å². The van der Waals surface area contributed by atoms with Gasteiger partial charge < -0.3 is 26.2 Å². The third-order valence-corrected chi connectivity index (χ3v) is 9.73. The van der Waals surface area contributed by atoms with Crippen LogP contribution >= 0.6 is 0 Å². The maximum absolute atomic E-state index is 14.0. The predicted octanol–water partition coefficient (Wildman–Crippen LogP) is 2.77. The molecule has 6 N–H and O–H groups in total. The lowest BCUT2D eigenvalue weighted by Crippen LogP contribution is -2.63. The second kappa shape index (κ2) is 10.6. The number of phenolic OH excluding ortho intramolecular Hbond substituents is 1. The Morgan fingerprint density at radius 3 is 2.33 bits per heavy atom. The predicted molar refractivity (Wildman–Crippen MR) is 158 cm³/mol. The van der Waals surface area contributed by atoms with Crippen LogP contribution in [0.5, 0.6) is 5.75 Å². The molecule has 0 spiro atoms. The Morgan fingerprint density at radius 2 is 1.70 bits per heavy atom. The van der Waals surface area contributed by atoms with Crippen molar-refractivity contribution in [2.45, 2.75) is 50.3 Å². The number of nitrogens with zero attached hydrogens (tertiary/aromatic N) is 2. The van der Waals surface area contributed by atoms with Gasteiger partial charge in [-0.15, -0.1) is 0 Å². The molecule has 2 aromatic carbocycles. The van der Waals surface area contributed by atoms with Crippen molar-refractivity contribution in [3.8, 4) is 16.9 Å². The van der Waals surface area contributed by atoms with Gasteiger partial charge in [0.05, 0.1) is 11.6 Å². The molecule has 1 fully saturated rings. The zero-order valence-electron chi connectivity index (χ0n) is 24.3. The molecule has 2 aromatic rings. The molecule has 10 nitrogen and oxygen atoms in total. The molecule has 2 unspecified atom stereocenters. The van der Waals surface area contributed by atoms with Gasteiger partial charge in [-0.3, -0.25) is 24.2 Å². The Labute approximate surface area is 249 Å². The zero-order valence-corrected chi connectivity index (χ0v) is 24.3. The Bertz CT molecular complexity index is 1590. The molecule has 0 bridgehead atoms. The zero-order chi connectivity index (χ0) is 30.8. The van der Waals surface area contributed by atoms with Crippen molar-refractivity contribution >= 4 is 17.5 Å². The number of amides is 1.